The van der Waals surface area contributed by atoms with E-state index in [1.807, 2.05) is 0 Å². The van der Waals surface area contributed by atoms with Gasteiger partial charge in [-0.3, -0.25) is 0 Å². The Hall–Kier alpha value is -1.29. The summed E-state index contributed by atoms with van der Waals surface area (Å²) >= 11 is 4.82. The molecule has 0 saturated carbocycles. The third-order valence-electron chi connectivity index (χ3n) is 0.597. The highest BCUT2D eigenvalue weighted by atomic mass is 35.5. The van der Waals surface area contributed by atoms with Gasteiger partial charge in [-0.1, -0.05) is 24.8 Å². The van der Waals surface area contributed by atoms with Crippen LogP contribution in [0.25, 0.3) is 0 Å². The van der Waals surface area contributed by atoms with Crippen LogP contribution in [0.2, 0.25) is 0 Å². The van der Waals surface area contributed by atoms with E-state index in [1.165, 1.54) is 6.92 Å². The molecule has 0 aromatic heterocycles. The fourth-order valence-corrected chi connectivity index (χ4v) is 0. The van der Waals surface area contributed by atoms with Gasteiger partial charge in [-0.15, -0.1) is 0 Å². The van der Waals surface area contributed by atoms with E-state index in [9.17, 15) is 9.59 Å². The second-order valence-electron chi connectivity index (χ2n) is 1.80. The molecule has 0 aromatic carbocycles. The average Bonchev–Trinajstić information content (AvgIpc) is 1.88. The monoisotopic (exact) mass is 192 g/mol. The average molecular weight is 193 g/mol. The molecule has 0 rings (SSSR count). The van der Waals surface area contributed by atoms with Gasteiger partial charge < -0.3 is 10.2 Å². The number of aliphatic carboxylic acids is 2. The van der Waals surface area contributed by atoms with Crippen molar-refractivity contribution in [3.05, 3.63) is 23.8 Å². The molecule has 4 nitrogen and oxygen atoms in total. The number of carbonyl (C=O) groups is 2. The lowest BCUT2D eigenvalue weighted by atomic mass is 10.4. The Balaban J connectivity index is 0. The number of carboxylic acids is 2. The maximum absolute atomic E-state index is 9.60. The summed E-state index contributed by atoms with van der Waals surface area (Å²) in [6.07, 6.45) is 0. The molecule has 68 valence electrons. The van der Waals surface area contributed by atoms with E-state index in [0.717, 1.165) is 0 Å². The van der Waals surface area contributed by atoms with E-state index in [-0.39, 0.29) is 10.6 Å². The largest absolute Gasteiger partial charge is 0.478 e. The molecule has 0 atom stereocenters. The predicted molar refractivity (Wildman–Crippen MR) is 45.1 cm³/mol. The maximum atomic E-state index is 9.60. The van der Waals surface area contributed by atoms with Gasteiger partial charge in [0.2, 0.25) is 0 Å². The molecular formula is C7H9ClO4. The van der Waals surface area contributed by atoms with Crippen molar-refractivity contribution in [1.82, 2.24) is 0 Å². The van der Waals surface area contributed by atoms with Crippen LogP contribution in [0.4, 0.5) is 0 Å². The first kappa shape index (κ1) is 13.3. The lowest BCUT2D eigenvalue weighted by Gasteiger charge is -1.79. The van der Waals surface area contributed by atoms with E-state index in [4.69, 9.17) is 21.8 Å². The van der Waals surface area contributed by atoms with Gasteiger partial charge in [-0.05, 0) is 6.92 Å². The summed E-state index contributed by atoms with van der Waals surface area (Å²) in [7, 11) is 0. The Morgan fingerprint density at radius 3 is 1.33 bits per heavy atom. The van der Waals surface area contributed by atoms with Crippen LogP contribution in [0.3, 0.4) is 0 Å². The van der Waals surface area contributed by atoms with Gasteiger partial charge >= 0.3 is 11.9 Å². The van der Waals surface area contributed by atoms with Crippen molar-refractivity contribution < 1.29 is 19.8 Å². The first-order valence-electron chi connectivity index (χ1n) is 2.75. The normalized spacial score (nSPS) is 7.50. The first-order chi connectivity index (χ1) is 5.29. The Morgan fingerprint density at radius 1 is 1.17 bits per heavy atom. The Labute approximate surface area is 74.8 Å². The molecule has 2 N–H and O–H groups in total. The SMILES string of the molecule is C=C(C)C(=O)O.C=C(Cl)C(=O)O. The van der Waals surface area contributed by atoms with Gasteiger partial charge in [0.1, 0.15) is 5.03 Å². The summed E-state index contributed by atoms with van der Waals surface area (Å²) in [4.78, 5) is 19.1. The number of hydrogen-bond donors (Lipinski definition) is 2. The van der Waals surface area contributed by atoms with E-state index < -0.39 is 11.9 Å². The Morgan fingerprint density at radius 2 is 1.33 bits per heavy atom. The molecule has 0 saturated heterocycles. The van der Waals surface area contributed by atoms with Crippen molar-refractivity contribution >= 4 is 23.5 Å². The predicted octanol–water partition coefficient (Wildman–Crippen LogP) is 1.47. The van der Waals surface area contributed by atoms with Gasteiger partial charge in [0, 0.05) is 5.57 Å². The van der Waals surface area contributed by atoms with Crippen LogP contribution in [0, 0.1) is 0 Å². The Bertz CT molecular complexity index is 171. The second kappa shape index (κ2) is 6.42. The summed E-state index contributed by atoms with van der Waals surface area (Å²) in [5.74, 6) is -2.10. The van der Waals surface area contributed by atoms with E-state index in [2.05, 4.69) is 13.2 Å². The number of carboxylic acid groups (broad SMARTS) is 2. The topological polar surface area (TPSA) is 74.6 Å². The van der Waals surface area contributed by atoms with Gasteiger partial charge in [0.05, 0.1) is 0 Å². The zero-order chi connectivity index (χ0) is 10.3. The fraction of sp³-hybridized carbons (Fsp3) is 0.143. The van der Waals surface area contributed by atoms with Crippen LogP contribution >= 0.6 is 11.6 Å². The summed E-state index contributed by atoms with van der Waals surface area (Å²) in [5, 5.41) is 15.3. The van der Waals surface area contributed by atoms with Crippen LogP contribution in [0.5, 0.6) is 0 Å². The van der Waals surface area contributed by atoms with Gasteiger partial charge in [0.25, 0.3) is 0 Å². The van der Waals surface area contributed by atoms with Gasteiger partial charge in [-0.2, -0.15) is 0 Å². The zero-order valence-corrected chi connectivity index (χ0v) is 7.26. The standard InChI is InChI=1S/C4H6O2.C3H3ClO2/c1-3(2)4(5)6;1-2(4)3(5)6/h1H2,2H3,(H,5,6);1H2,(H,5,6). The first-order valence-corrected chi connectivity index (χ1v) is 3.13. The third-order valence-corrected chi connectivity index (χ3v) is 0.759. The summed E-state index contributed by atoms with van der Waals surface area (Å²) in [5.41, 5.74) is 0.176. The van der Waals surface area contributed by atoms with Crippen molar-refractivity contribution in [2.45, 2.75) is 6.92 Å². The third kappa shape index (κ3) is 11.5. The van der Waals surface area contributed by atoms with Crippen molar-refractivity contribution in [1.29, 1.82) is 0 Å². The van der Waals surface area contributed by atoms with Crippen molar-refractivity contribution in [2.24, 2.45) is 0 Å². The highest BCUT2D eigenvalue weighted by molar-refractivity contribution is 6.40. The van der Waals surface area contributed by atoms with Crippen LogP contribution in [-0.2, 0) is 9.59 Å². The molecule has 0 aliphatic rings. The molecule has 0 aliphatic heterocycles. The smallest absolute Gasteiger partial charge is 0.346 e. The van der Waals surface area contributed by atoms with E-state index >= 15 is 0 Å². The molecule has 0 bridgehead atoms. The summed E-state index contributed by atoms with van der Waals surface area (Å²) in [6.45, 7) is 7.52. The second-order valence-corrected chi connectivity index (χ2v) is 2.25. The highest BCUT2D eigenvalue weighted by Crippen LogP contribution is 1.92. The maximum Gasteiger partial charge on any atom is 0.346 e. The minimum Gasteiger partial charge on any atom is -0.478 e. The van der Waals surface area contributed by atoms with Crippen LogP contribution < -0.4 is 0 Å². The number of rotatable bonds is 2. The molecular weight excluding hydrogens is 184 g/mol. The quantitative estimate of drug-likeness (QED) is 0.650. The van der Waals surface area contributed by atoms with Crippen LogP contribution in [0.15, 0.2) is 23.8 Å². The molecule has 12 heavy (non-hydrogen) atoms. The molecule has 0 spiro atoms. The van der Waals surface area contributed by atoms with Crippen molar-refractivity contribution in [3.63, 3.8) is 0 Å². The Kier molecular flexibility index (Phi) is 7.12. The van der Waals surface area contributed by atoms with E-state index in [0.29, 0.717) is 0 Å². The van der Waals surface area contributed by atoms with Crippen LogP contribution in [-0.4, -0.2) is 22.2 Å². The lowest BCUT2D eigenvalue weighted by molar-refractivity contribution is -0.133. The van der Waals surface area contributed by atoms with Gasteiger partial charge in [-0.25, -0.2) is 9.59 Å². The number of hydrogen-bond acceptors (Lipinski definition) is 2. The zero-order valence-electron chi connectivity index (χ0n) is 6.50. The highest BCUT2D eigenvalue weighted by Gasteiger charge is 1.93. The number of halogens is 1. The van der Waals surface area contributed by atoms with Crippen LogP contribution in [0.1, 0.15) is 6.92 Å². The molecule has 0 aliphatic carbocycles. The van der Waals surface area contributed by atoms with Gasteiger partial charge in [0.15, 0.2) is 0 Å². The van der Waals surface area contributed by atoms with E-state index in [1.54, 1.807) is 0 Å². The molecule has 0 heterocycles. The molecule has 0 aromatic rings. The summed E-state index contributed by atoms with van der Waals surface area (Å²) in [6, 6.07) is 0. The van der Waals surface area contributed by atoms with Crippen molar-refractivity contribution in [3.8, 4) is 0 Å². The lowest BCUT2D eigenvalue weighted by Crippen LogP contribution is -1.92. The fourth-order valence-electron chi connectivity index (χ4n) is 0. The molecule has 5 heteroatoms. The molecule has 0 amide bonds. The van der Waals surface area contributed by atoms with Crippen molar-refractivity contribution in [2.75, 3.05) is 0 Å². The minimum absolute atomic E-state index is 0.176. The molecule has 0 radical (unpaired) electrons. The molecule has 0 unspecified atom stereocenters. The molecule has 0 fully saturated rings. The minimum atomic E-state index is -1.17. The summed E-state index contributed by atoms with van der Waals surface area (Å²) < 4.78 is 0.